The fourth-order valence-electron chi connectivity index (χ4n) is 1.44. The van der Waals surface area contributed by atoms with Gasteiger partial charge in [-0.3, -0.25) is 4.79 Å². The third-order valence-electron chi connectivity index (χ3n) is 2.78. The van der Waals surface area contributed by atoms with E-state index >= 15 is 0 Å². The maximum Gasteiger partial charge on any atom is 0.255 e. The standard InChI is InChI=1S/C10H18F2N2O.ClH/c1-6(7(2)13)10(15)14(5-9(11)12)8-3-4-8;/h6-9H,3-5,13H2,1-2H3;1H. The highest BCUT2D eigenvalue weighted by atomic mass is 35.5. The van der Waals surface area contributed by atoms with Gasteiger partial charge in [-0.2, -0.15) is 0 Å². The molecule has 1 saturated carbocycles. The normalized spacial score (nSPS) is 18.9. The highest BCUT2D eigenvalue weighted by molar-refractivity contribution is 5.85. The van der Waals surface area contributed by atoms with Crippen LogP contribution in [-0.4, -0.2) is 35.9 Å². The molecular weight excluding hydrogens is 238 g/mol. The summed E-state index contributed by atoms with van der Waals surface area (Å²) in [6.45, 7) is 2.95. The van der Waals surface area contributed by atoms with Crippen LogP contribution in [0.4, 0.5) is 8.78 Å². The van der Waals surface area contributed by atoms with Crippen LogP contribution in [-0.2, 0) is 4.79 Å². The molecule has 0 aromatic rings. The SMILES string of the molecule is CC(N)C(C)C(=O)N(CC(F)F)C1CC1.Cl. The molecule has 0 radical (unpaired) electrons. The number of hydrogen-bond donors (Lipinski definition) is 1. The highest BCUT2D eigenvalue weighted by Crippen LogP contribution is 2.29. The molecule has 0 aromatic carbocycles. The van der Waals surface area contributed by atoms with Crippen LogP contribution in [0.3, 0.4) is 0 Å². The Morgan fingerprint density at radius 1 is 1.44 bits per heavy atom. The second-order valence-corrected chi connectivity index (χ2v) is 4.26. The van der Waals surface area contributed by atoms with Gasteiger partial charge >= 0.3 is 0 Å². The number of rotatable bonds is 5. The van der Waals surface area contributed by atoms with Gasteiger partial charge in [0.2, 0.25) is 5.91 Å². The summed E-state index contributed by atoms with van der Waals surface area (Å²) >= 11 is 0. The average molecular weight is 257 g/mol. The lowest BCUT2D eigenvalue weighted by molar-refractivity contribution is -0.138. The summed E-state index contributed by atoms with van der Waals surface area (Å²) in [5, 5.41) is 0. The van der Waals surface area contributed by atoms with Crippen molar-refractivity contribution in [3.63, 3.8) is 0 Å². The van der Waals surface area contributed by atoms with Crippen LogP contribution < -0.4 is 5.73 Å². The Labute approximate surface area is 101 Å². The van der Waals surface area contributed by atoms with E-state index in [2.05, 4.69) is 0 Å². The summed E-state index contributed by atoms with van der Waals surface area (Å²) < 4.78 is 24.5. The molecule has 0 saturated heterocycles. The molecule has 2 unspecified atom stereocenters. The molecule has 1 aliphatic carbocycles. The van der Waals surface area contributed by atoms with E-state index in [0.29, 0.717) is 0 Å². The van der Waals surface area contributed by atoms with E-state index in [1.807, 2.05) is 0 Å². The zero-order valence-electron chi connectivity index (χ0n) is 9.53. The molecule has 0 bridgehead atoms. The monoisotopic (exact) mass is 256 g/mol. The minimum atomic E-state index is -2.46. The third kappa shape index (κ3) is 4.22. The van der Waals surface area contributed by atoms with Crippen LogP contribution in [0.25, 0.3) is 0 Å². The molecule has 3 nitrogen and oxygen atoms in total. The Balaban J connectivity index is 0.00000225. The van der Waals surface area contributed by atoms with E-state index in [1.165, 1.54) is 4.90 Å². The molecule has 2 atom stereocenters. The van der Waals surface area contributed by atoms with E-state index in [1.54, 1.807) is 13.8 Å². The predicted molar refractivity (Wildman–Crippen MR) is 60.8 cm³/mol. The van der Waals surface area contributed by atoms with E-state index in [-0.39, 0.29) is 36.3 Å². The largest absolute Gasteiger partial charge is 0.334 e. The maximum atomic E-state index is 12.3. The van der Waals surface area contributed by atoms with E-state index in [9.17, 15) is 13.6 Å². The zero-order valence-corrected chi connectivity index (χ0v) is 10.3. The fourth-order valence-corrected chi connectivity index (χ4v) is 1.44. The minimum Gasteiger partial charge on any atom is -0.334 e. The van der Waals surface area contributed by atoms with Gasteiger partial charge in [-0.25, -0.2) is 8.78 Å². The van der Waals surface area contributed by atoms with Crippen molar-refractivity contribution in [2.45, 2.75) is 45.2 Å². The van der Waals surface area contributed by atoms with E-state index in [0.717, 1.165) is 12.8 Å². The zero-order chi connectivity index (χ0) is 11.6. The van der Waals surface area contributed by atoms with Crippen molar-refractivity contribution in [2.75, 3.05) is 6.54 Å². The number of nitrogens with zero attached hydrogens (tertiary/aromatic N) is 1. The van der Waals surface area contributed by atoms with Crippen molar-refractivity contribution in [1.29, 1.82) is 0 Å². The molecule has 0 aliphatic heterocycles. The van der Waals surface area contributed by atoms with Crippen LogP contribution in [0.1, 0.15) is 26.7 Å². The van der Waals surface area contributed by atoms with Crippen molar-refractivity contribution in [3.8, 4) is 0 Å². The lowest BCUT2D eigenvalue weighted by Gasteiger charge is -2.26. The molecule has 0 heterocycles. The maximum absolute atomic E-state index is 12.3. The Morgan fingerprint density at radius 2 is 1.94 bits per heavy atom. The summed E-state index contributed by atoms with van der Waals surface area (Å²) in [5.74, 6) is -0.628. The first-order valence-corrected chi connectivity index (χ1v) is 5.27. The molecule has 0 aromatic heterocycles. The summed E-state index contributed by atoms with van der Waals surface area (Å²) in [6.07, 6.45) is -0.788. The van der Waals surface area contributed by atoms with Gasteiger partial charge in [0.05, 0.1) is 12.5 Å². The van der Waals surface area contributed by atoms with E-state index in [4.69, 9.17) is 5.73 Å². The Morgan fingerprint density at radius 3 is 2.25 bits per heavy atom. The van der Waals surface area contributed by atoms with Crippen LogP contribution in [0.5, 0.6) is 0 Å². The smallest absolute Gasteiger partial charge is 0.255 e. The minimum absolute atomic E-state index is 0. The number of carbonyl (C=O) groups excluding carboxylic acids is 1. The van der Waals surface area contributed by atoms with Crippen LogP contribution >= 0.6 is 12.4 Å². The Bertz CT molecular complexity index is 235. The fraction of sp³-hybridized carbons (Fsp3) is 0.900. The number of nitrogens with two attached hydrogens (primary N) is 1. The van der Waals surface area contributed by atoms with Gasteiger partial charge in [0.25, 0.3) is 6.43 Å². The molecule has 1 amide bonds. The number of hydrogen-bond acceptors (Lipinski definition) is 2. The third-order valence-corrected chi connectivity index (χ3v) is 2.78. The van der Waals surface area contributed by atoms with Crippen molar-refractivity contribution in [1.82, 2.24) is 4.90 Å². The molecule has 1 aliphatic rings. The van der Waals surface area contributed by atoms with Crippen LogP contribution in [0.2, 0.25) is 0 Å². The summed E-state index contributed by atoms with van der Waals surface area (Å²) in [4.78, 5) is 13.1. The van der Waals surface area contributed by atoms with E-state index < -0.39 is 13.0 Å². The molecule has 96 valence electrons. The van der Waals surface area contributed by atoms with Gasteiger partial charge in [0.15, 0.2) is 0 Å². The van der Waals surface area contributed by atoms with Gasteiger partial charge in [-0.1, -0.05) is 6.92 Å². The molecule has 2 N–H and O–H groups in total. The summed E-state index contributed by atoms with van der Waals surface area (Å²) in [7, 11) is 0. The molecule has 1 rings (SSSR count). The number of halogens is 3. The van der Waals surface area contributed by atoms with Gasteiger partial charge in [0, 0.05) is 12.1 Å². The van der Waals surface area contributed by atoms with Crippen molar-refractivity contribution in [3.05, 3.63) is 0 Å². The Hall–Kier alpha value is -0.420. The molecule has 1 fully saturated rings. The lowest BCUT2D eigenvalue weighted by Crippen LogP contribution is -2.44. The quantitative estimate of drug-likeness (QED) is 0.813. The lowest BCUT2D eigenvalue weighted by atomic mass is 10.0. The highest BCUT2D eigenvalue weighted by Gasteiger charge is 2.36. The molecular formula is C10H19ClF2N2O. The Kier molecular flexibility index (Phi) is 6.18. The molecule has 16 heavy (non-hydrogen) atoms. The van der Waals surface area contributed by atoms with Gasteiger partial charge in [-0.15, -0.1) is 12.4 Å². The van der Waals surface area contributed by atoms with Crippen LogP contribution in [0, 0.1) is 5.92 Å². The van der Waals surface area contributed by atoms with Gasteiger partial charge in [0.1, 0.15) is 0 Å². The van der Waals surface area contributed by atoms with Gasteiger partial charge in [-0.05, 0) is 19.8 Å². The van der Waals surface area contributed by atoms with Gasteiger partial charge < -0.3 is 10.6 Å². The second-order valence-electron chi connectivity index (χ2n) is 4.26. The molecule has 6 heteroatoms. The van der Waals surface area contributed by atoms with Crippen LogP contribution in [0.15, 0.2) is 0 Å². The summed E-state index contributed by atoms with van der Waals surface area (Å²) in [5.41, 5.74) is 5.59. The summed E-state index contributed by atoms with van der Waals surface area (Å²) in [6, 6.07) is -0.274. The number of carbonyl (C=O) groups is 1. The van der Waals surface area contributed by atoms with Crippen molar-refractivity contribution in [2.24, 2.45) is 11.7 Å². The van der Waals surface area contributed by atoms with Crippen molar-refractivity contribution < 1.29 is 13.6 Å². The number of alkyl halides is 2. The first kappa shape index (κ1) is 15.6. The second kappa shape index (κ2) is 6.35. The predicted octanol–water partition coefficient (Wildman–Crippen LogP) is 1.65. The topological polar surface area (TPSA) is 46.3 Å². The van der Waals surface area contributed by atoms with Crippen molar-refractivity contribution >= 4 is 18.3 Å². The first-order chi connectivity index (χ1) is 6.93. The number of amides is 1. The first-order valence-electron chi connectivity index (χ1n) is 5.27. The molecule has 0 spiro atoms. The average Bonchev–Trinajstić information content (AvgIpc) is 2.94.